The van der Waals surface area contributed by atoms with Crippen molar-refractivity contribution in [1.29, 1.82) is 0 Å². The van der Waals surface area contributed by atoms with E-state index in [2.05, 4.69) is 0 Å². The molecule has 0 radical (unpaired) electrons. The number of hydrogen-bond acceptors (Lipinski definition) is 3. The molecule has 3 rings (SSSR count). The van der Waals surface area contributed by atoms with Crippen LogP contribution in [0.2, 0.25) is 0 Å². The van der Waals surface area contributed by atoms with Crippen molar-refractivity contribution in [1.82, 2.24) is 9.80 Å². The first-order chi connectivity index (χ1) is 10.1. The SMILES string of the molecule is NC(CN1CC(=O)N2CCCC2C1=O)c1ccc(F)cc1. The van der Waals surface area contributed by atoms with E-state index < -0.39 is 6.04 Å². The molecular formula is C15H18FN3O2. The lowest BCUT2D eigenvalue weighted by Gasteiger charge is -2.37. The molecule has 2 aliphatic heterocycles. The summed E-state index contributed by atoms with van der Waals surface area (Å²) in [5.41, 5.74) is 6.83. The number of fused-ring (bicyclic) bond motifs is 1. The predicted octanol–water partition coefficient (Wildman–Crippen LogP) is 0.659. The van der Waals surface area contributed by atoms with Gasteiger partial charge >= 0.3 is 0 Å². The maximum Gasteiger partial charge on any atom is 0.245 e. The summed E-state index contributed by atoms with van der Waals surface area (Å²) in [6, 6.07) is 5.17. The summed E-state index contributed by atoms with van der Waals surface area (Å²) < 4.78 is 12.9. The van der Waals surface area contributed by atoms with E-state index in [1.165, 1.54) is 17.0 Å². The van der Waals surface area contributed by atoms with Gasteiger partial charge in [0.1, 0.15) is 11.9 Å². The monoisotopic (exact) mass is 291 g/mol. The van der Waals surface area contributed by atoms with Gasteiger partial charge in [-0.15, -0.1) is 0 Å². The molecule has 0 bridgehead atoms. The first-order valence-corrected chi connectivity index (χ1v) is 7.15. The molecule has 2 amide bonds. The van der Waals surface area contributed by atoms with Crippen molar-refractivity contribution in [2.45, 2.75) is 24.9 Å². The Morgan fingerprint density at radius 1 is 1.29 bits per heavy atom. The molecule has 2 N–H and O–H groups in total. The van der Waals surface area contributed by atoms with Gasteiger partial charge in [-0.05, 0) is 30.5 Å². The molecule has 0 aliphatic carbocycles. The second-order valence-corrected chi connectivity index (χ2v) is 5.62. The number of nitrogens with two attached hydrogens (primary N) is 1. The second kappa shape index (κ2) is 5.44. The van der Waals surface area contributed by atoms with Crippen LogP contribution < -0.4 is 5.73 Å². The van der Waals surface area contributed by atoms with Crippen molar-refractivity contribution < 1.29 is 14.0 Å². The fraction of sp³-hybridized carbons (Fsp3) is 0.467. The number of hydrogen-bond donors (Lipinski definition) is 1. The van der Waals surface area contributed by atoms with Crippen LogP contribution in [0.25, 0.3) is 0 Å². The molecule has 2 saturated heterocycles. The second-order valence-electron chi connectivity index (χ2n) is 5.62. The van der Waals surface area contributed by atoms with Crippen molar-refractivity contribution in [3.05, 3.63) is 35.6 Å². The highest BCUT2D eigenvalue weighted by Crippen LogP contribution is 2.24. The van der Waals surface area contributed by atoms with Crippen LogP contribution in [0.15, 0.2) is 24.3 Å². The van der Waals surface area contributed by atoms with Gasteiger partial charge in [0.15, 0.2) is 0 Å². The zero-order valence-corrected chi connectivity index (χ0v) is 11.7. The number of carbonyl (C=O) groups excluding carboxylic acids is 2. The van der Waals surface area contributed by atoms with Crippen LogP contribution in [0.1, 0.15) is 24.4 Å². The number of carbonyl (C=O) groups is 2. The van der Waals surface area contributed by atoms with Crippen molar-refractivity contribution in [3.8, 4) is 0 Å². The van der Waals surface area contributed by atoms with E-state index in [9.17, 15) is 14.0 Å². The molecule has 2 fully saturated rings. The van der Waals surface area contributed by atoms with Crippen LogP contribution in [-0.2, 0) is 9.59 Å². The van der Waals surface area contributed by atoms with Gasteiger partial charge < -0.3 is 15.5 Å². The van der Waals surface area contributed by atoms with Crippen LogP contribution in [0.4, 0.5) is 4.39 Å². The Labute approximate surface area is 122 Å². The fourth-order valence-corrected chi connectivity index (χ4v) is 3.07. The van der Waals surface area contributed by atoms with Gasteiger partial charge in [-0.1, -0.05) is 12.1 Å². The number of piperazine rings is 1. The molecule has 0 saturated carbocycles. The summed E-state index contributed by atoms with van der Waals surface area (Å²) in [4.78, 5) is 27.6. The van der Waals surface area contributed by atoms with E-state index in [0.717, 1.165) is 18.4 Å². The molecular weight excluding hydrogens is 273 g/mol. The minimum atomic E-state index is -0.421. The molecule has 2 atom stereocenters. The van der Waals surface area contributed by atoms with Crippen molar-refractivity contribution in [3.63, 3.8) is 0 Å². The Morgan fingerprint density at radius 2 is 2.00 bits per heavy atom. The maximum atomic E-state index is 12.9. The molecule has 1 aromatic carbocycles. The van der Waals surface area contributed by atoms with Gasteiger partial charge in [0.2, 0.25) is 11.8 Å². The van der Waals surface area contributed by atoms with E-state index in [0.29, 0.717) is 6.54 Å². The Bertz CT molecular complexity index is 561. The summed E-state index contributed by atoms with van der Waals surface area (Å²) in [6.45, 7) is 1.04. The van der Waals surface area contributed by atoms with Crippen LogP contribution in [0.3, 0.4) is 0 Å². The molecule has 2 unspecified atom stereocenters. The average Bonchev–Trinajstić information content (AvgIpc) is 2.95. The van der Waals surface area contributed by atoms with Crippen molar-refractivity contribution >= 4 is 11.8 Å². The van der Waals surface area contributed by atoms with Crippen LogP contribution in [0, 0.1) is 5.82 Å². The Morgan fingerprint density at radius 3 is 2.71 bits per heavy atom. The standard InChI is InChI=1S/C15H18FN3O2/c16-11-5-3-10(4-6-11)12(17)8-18-9-14(20)19-7-1-2-13(19)15(18)21/h3-6,12-13H,1-2,7-9,17H2. The zero-order chi connectivity index (χ0) is 15.0. The summed E-state index contributed by atoms with van der Waals surface area (Å²) >= 11 is 0. The van der Waals surface area contributed by atoms with Crippen molar-refractivity contribution in [2.24, 2.45) is 5.73 Å². The highest BCUT2D eigenvalue weighted by Gasteiger charge is 2.42. The molecule has 1 aromatic rings. The third-order valence-corrected chi connectivity index (χ3v) is 4.21. The molecule has 0 spiro atoms. The minimum Gasteiger partial charge on any atom is -0.330 e. The highest BCUT2D eigenvalue weighted by atomic mass is 19.1. The van der Waals surface area contributed by atoms with Gasteiger partial charge in [0.05, 0.1) is 6.54 Å². The Kier molecular flexibility index (Phi) is 3.63. The number of halogens is 1. The molecule has 6 heteroatoms. The van der Waals surface area contributed by atoms with Gasteiger partial charge in [0.25, 0.3) is 0 Å². The van der Waals surface area contributed by atoms with Gasteiger partial charge in [-0.2, -0.15) is 0 Å². The first kappa shape index (κ1) is 14.0. The van der Waals surface area contributed by atoms with Crippen LogP contribution >= 0.6 is 0 Å². The maximum absolute atomic E-state index is 12.9. The van der Waals surface area contributed by atoms with E-state index >= 15 is 0 Å². The Hall–Kier alpha value is -1.95. The zero-order valence-electron chi connectivity index (χ0n) is 11.7. The molecule has 21 heavy (non-hydrogen) atoms. The van der Waals surface area contributed by atoms with E-state index in [4.69, 9.17) is 5.73 Å². The van der Waals surface area contributed by atoms with E-state index in [1.807, 2.05) is 0 Å². The lowest BCUT2D eigenvalue weighted by atomic mass is 10.1. The van der Waals surface area contributed by atoms with Gasteiger partial charge in [0, 0.05) is 19.1 Å². The summed E-state index contributed by atoms with van der Waals surface area (Å²) in [7, 11) is 0. The van der Waals surface area contributed by atoms with E-state index in [-0.39, 0.29) is 36.8 Å². The predicted molar refractivity (Wildman–Crippen MR) is 74.6 cm³/mol. The quantitative estimate of drug-likeness (QED) is 0.889. The molecule has 5 nitrogen and oxygen atoms in total. The topological polar surface area (TPSA) is 66.6 Å². The normalized spacial score (nSPS) is 23.4. The number of benzene rings is 1. The third-order valence-electron chi connectivity index (χ3n) is 4.21. The summed E-state index contributed by atoms with van der Waals surface area (Å²) in [5, 5.41) is 0. The summed E-state index contributed by atoms with van der Waals surface area (Å²) in [6.07, 6.45) is 1.60. The largest absolute Gasteiger partial charge is 0.330 e. The van der Waals surface area contributed by atoms with Crippen LogP contribution in [0.5, 0.6) is 0 Å². The van der Waals surface area contributed by atoms with Gasteiger partial charge in [-0.3, -0.25) is 9.59 Å². The number of nitrogens with zero attached hydrogens (tertiary/aromatic N) is 2. The summed E-state index contributed by atoms with van der Waals surface area (Å²) in [5.74, 6) is -0.357. The van der Waals surface area contributed by atoms with Gasteiger partial charge in [-0.25, -0.2) is 4.39 Å². The van der Waals surface area contributed by atoms with Crippen molar-refractivity contribution in [2.75, 3.05) is 19.6 Å². The smallest absolute Gasteiger partial charge is 0.245 e. The van der Waals surface area contributed by atoms with Crippen LogP contribution in [-0.4, -0.2) is 47.3 Å². The van der Waals surface area contributed by atoms with E-state index in [1.54, 1.807) is 17.0 Å². The highest BCUT2D eigenvalue weighted by molar-refractivity contribution is 5.95. The lowest BCUT2D eigenvalue weighted by molar-refractivity contribution is -0.153. The molecule has 0 aromatic heterocycles. The molecule has 112 valence electrons. The molecule has 2 aliphatic rings. The lowest BCUT2D eigenvalue weighted by Crippen LogP contribution is -2.58. The number of rotatable bonds is 3. The number of amides is 2. The minimum absolute atomic E-state index is 0.0107. The fourth-order valence-electron chi connectivity index (χ4n) is 3.07. The third kappa shape index (κ3) is 2.63. The molecule has 2 heterocycles. The first-order valence-electron chi connectivity index (χ1n) is 7.15. The average molecular weight is 291 g/mol. The Balaban J connectivity index is 1.70.